The van der Waals surface area contributed by atoms with Crippen LogP contribution in [0, 0.1) is 0 Å². The van der Waals surface area contributed by atoms with Gasteiger partial charge in [0.25, 0.3) is 0 Å². The van der Waals surface area contributed by atoms with Crippen LogP contribution >= 0.6 is 11.3 Å². The molecule has 4 aromatic carbocycles. The van der Waals surface area contributed by atoms with E-state index in [2.05, 4.69) is 0 Å². The number of methoxy groups -OCH3 is 1. The summed E-state index contributed by atoms with van der Waals surface area (Å²) >= 11 is 1.50. The highest BCUT2D eigenvalue weighted by atomic mass is 32.1. The van der Waals surface area contributed by atoms with Crippen LogP contribution in [0.2, 0.25) is 0 Å². The molecular formula is C29H24N2O2S. The minimum absolute atomic E-state index is 0.00715. The Morgan fingerprint density at radius 3 is 2.03 bits per heavy atom. The number of hydrogen-bond acceptors (Lipinski definition) is 4. The third-order valence-corrected chi connectivity index (χ3v) is 6.82. The molecule has 0 atom stereocenters. The molecule has 34 heavy (non-hydrogen) atoms. The molecule has 5 aromatic rings. The van der Waals surface area contributed by atoms with Gasteiger partial charge in [-0.15, -0.1) is 0 Å². The molecule has 1 amide bonds. The number of hydrogen-bond donors (Lipinski definition) is 0. The molecule has 0 saturated carbocycles. The van der Waals surface area contributed by atoms with Crippen LogP contribution in [-0.4, -0.2) is 18.0 Å². The maximum atomic E-state index is 14.3. The van der Waals surface area contributed by atoms with Gasteiger partial charge in [0.05, 0.1) is 29.8 Å². The van der Waals surface area contributed by atoms with E-state index in [1.165, 1.54) is 11.3 Å². The number of thiazole rings is 1. The van der Waals surface area contributed by atoms with Crippen molar-refractivity contribution in [2.45, 2.75) is 12.5 Å². The fraction of sp³-hybridized carbons (Fsp3) is 0.103. The van der Waals surface area contributed by atoms with Crippen LogP contribution in [0.4, 0.5) is 5.13 Å². The van der Waals surface area contributed by atoms with Crippen LogP contribution < -0.4 is 9.64 Å². The normalized spacial score (nSPS) is 11.0. The van der Waals surface area contributed by atoms with Gasteiger partial charge in [-0.05, 0) is 34.9 Å². The largest absolute Gasteiger partial charge is 0.497 e. The lowest BCUT2D eigenvalue weighted by molar-refractivity contribution is -0.119. The van der Waals surface area contributed by atoms with Crippen molar-refractivity contribution in [3.63, 3.8) is 0 Å². The van der Waals surface area contributed by atoms with Crippen molar-refractivity contribution in [2.24, 2.45) is 0 Å². The van der Waals surface area contributed by atoms with Gasteiger partial charge in [0.15, 0.2) is 5.13 Å². The van der Waals surface area contributed by atoms with E-state index in [0.717, 1.165) is 32.7 Å². The SMILES string of the molecule is COc1ccc2nc(N(Cc3ccccc3)C(=O)C(c3ccccc3)c3ccccc3)sc2c1. The summed E-state index contributed by atoms with van der Waals surface area (Å²) < 4.78 is 6.37. The molecule has 5 heteroatoms. The van der Waals surface area contributed by atoms with Crippen LogP contribution in [0.1, 0.15) is 22.6 Å². The van der Waals surface area contributed by atoms with Gasteiger partial charge in [-0.2, -0.15) is 0 Å². The van der Waals surface area contributed by atoms with Crippen LogP contribution in [0.25, 0.3) is 10.2 Å². The van der Waals surface area contributed by atoms with Gasteiger partial charge in [-0.1, -0.05) is 102 Å². The molecule has 0 aliphatic heterocycles. The number of amides is 1. The van der Waals surface area contributed by atoms with E-state index in [0.29, 0.717) is 11.7 Å². The second kappa shape index (κ2) is 9.89. The Bertz CT molecular complexity index is 1350. The fourth-order valence-corrected chi connectivity index (χ4v) is 5.06. The highest BCUT2D eigenvalue weighted by Crippen LogP contribution is 2.35. The van der Waals surface area contributed by atoms with E-state index in [9.17, 15) is 4.79 Å². The monoisotopic (exact) mass is 464 g/mol. The summed E-state index contributed by atoms with van der Waals surface area (Å²) in [6, 6.07) is 35.7. The number of carbonyl (C=O) groups is 1. The number of anilines is 1. The van der Waals surface area contributed by atoms with Crippen molar-refractivity contribution >= 4 is 32.6 Å². The molecule has 1 aromatic heterocycles. The van der Waals surface area contributed by atoms with E-state index in [1.54, 1.807) is 7.11 Å². The van der Waals surface area contributed by atoms with Gasteiger partial charge in [0.1, 0.15) is 5.75 Å². The van der Waals surface area contributed by atoms with Crippen molar-refractivity contribution in [2.75, 3.05) is 12.0 Å². The number of ether oxygens (including phenoxy) is 1. The Balaban J connectivity index is 1.62. The number of rotatable bonds is 7. The zero-order valence-electron chi connectivity index (χ0n) is 18.8. The van der Waals surface area contributed by atoms with Gasteiger partial charge in [0.2, 0.25) is 5.91 Å². The van der Waals surface area contributed by atoms with Crippen LogP contribution in [0.5, 0.6) is 5.75 Å². The smallest absolute Gasteiger partial charge is 0.241 e. The predicted octanol–water partition coefficient (Wildman–Crippen LogP) is 6.67. The average molecular weight is 465 g/mol. The molecule has 5 rings (SSSR count). The van der Waals surface area contributed by atoms with Gasteiger partial charge in [-0.25, -0.2) is 4.98 Å². The number of carbonyl (C=O) groups excluding carboxylic acids is 1. The summed E-state index contributed by atoms with van der Waals surface area (Å²) in [7, 11) is 1.65. The standard InChI is InChI=1S/C29H24N2O2S/c1-33-24-17-18-25-26(19-24)34-29(30-25)31(20-21-11-5-2-6-12-21)28(32)27(22-13-7-3-8-14-22)23-15-9-4-10-16-23/h2-19,27H,20H2,1H3. The molecule has 1 heterocycles. The number of fused-ring (bicyclic) bond motifs is 1. The van der Waals surface area contributed by atoms with Crippen LogP contribution in [0.15, 0.2) is 109 Å². The minimum Gasteiger partial charge on any atom is -0.497 e. The van der Waals surface area contributed by atoms with Crippen molar-refractivity contribution in [3.8, 4) is 5.75 Å². The van der Waals surface area contributed by atoms with Gasteiger partial charge >= 0.3 is 0 Å². The maximum Gasteiger partial charge on any atom is 0.241 e. The third-order valence-electron chi connectivity index (χ3n) is 5.78. The van der Waals surface area contributed by atoms with Gasteiger partial charge < -0.3 is 4.74 Å². The number of nitrogens with zero attached hydrogens (tertiary/aromatic N) is 2. The number of benzene rings is 4. The Kier molecular flexibility index (Phi) is 6.36. The quantitative estimate of drug-likeness (QED) is 0.270. The lowest BCUT2D eigenvalue weighted by Crippen LogP contribution is -2.35. The minimum atomic E-state index is -0.437. The molecule has 0 bridgehead atoms. The van der Waals surface area contributed by atoms with Crippen LogP contribution in [0.3, 0.4) is 0 Å². The molecule has 0 N–H and O–H groups in total. The molecule has 0 aliphatic carbocycles. The lowest BCUT2D eigenvalue weighted by Gasteiger charge is -2.26. The highest BCUT2D eigenvalue weighted by molar-refractivity contribution is 7.22. The first-order valence-electron chi connectivity index (χ1n) is 11.1. The van der Waals surface area contributed by atoms with E-state index >= 15 is 0 Å². The summed E-state index contributed by atoms with van der Waals surface area (Å²) in [6.45, 7) is 0.437. The topological polar surface area (TPSA) is 42.4 Å². The lowest BCUT2D eigenvalue weighted by atomic mass is 9.90. The molecule has 0 radical (unpaired) electrons. The summed E-state index contributed by atoms with van der Waals surface area (Å²) in [5, 5.41) is 0.675. The van der Waals surface area contributed by atoms with Crippen molar-refractivity contribution in [1.82, 2.24) is 4.98 Å². The number of aromatic nitrogens is 1. The van der Waals surface area contributed by atoms with E-state index in [4.69, 9.17) is 9.72 Å². The van der Waals surface area contributed by atoms with E-state index in [1.807, 2.05) is 114 Å². The predicted molar refractivity (Wildman–Crippen MR) is 139 cm³/mol. The van der Waals surface area contributed by atoms with Crippen molar-refractivity contribution in [3.05, 3.63) is 126 Å². The molecule has 0 saturated heterocycles. The third kappa shape index (κ3) is 4.56. The average Bonchev–Trinajstić information content (AvgIpc) is 3.32. The van der Waals surface area contributed by atoms with E-state index < -0.39 is 5.92 Å². The van der Waals surface area contributed by atoms with Gasteiger partial charge in [0, 0.05) is 0 Å². The first kappa shape index (κ1) is 21.9. The van der Waals surface area contributed by atoms with E-state index in [-0.39, 0.29) is 5.91 Å². The summed E-state index contributed by atoms with van der Waals surface area (Å²) in [6.07, 6.45) is 0. The molecule has 0 unspecified atom stereocenters. The fourth-order valence-electron chi connectivity index (χ4n) is 4.07. The second-order valence-corrected chi connectivity index (χ2v) is 9.00. The molecule has 0 aliphatic rings. The molecule has 0 fully saturated rings. The Labute approximate surface area is 203 Å². The van der Waals surface area contributed by atoms with Crippen molar-refractivity contribution < 1.29 is 9.53 Å². The molecule has 168 valence electrons. The Morgan fingerprint density at radius 1 is 0.853 bits per heavy atom. The highest BCUT2D eigenvalue weighted by Gasteiger charge is 2.30. The summed E-state index contributed by atoms with van der Waals surface area (Å²) in [5.74, 6) is 0.329. The zero-order valence-corrected chi connectivity index (χ0v) is 19.6. The van der Waals surface area contributed by atoms with Gasteiger partial charge in [-0.3, -0.25) is 9.69 Å². The molecular weight excluding hydrogens is 440 g/mol. The molecule has 0 spiro atoms. The zero-order chi connectivity index (χ0) is 23.3. The Morgan fingerprint density at radius 2 is 1.44 bits per heavy atom. The Hall–Kier alpha value is -3.96. The first-order chi connectivity index (χ1) is 16.7. The van der Waals surface area contributed by atoms with Crippen molar-refractivity contribution in [1.29, 1.82) is 0 Å². The molecule has 4 nitrogen and oxygen atoms in total. The summed E-state index contributed by atoms with van der Waals surface area (Å²) in [5.41, 5.74) is 3.81. The summed E-state index contributed by atoms with van der Waals surface area (Å²) in [4.78, 5) is 21.0. The second-order valence-electron chi connectivity index (χ2n) is 7.99. The maximum absolute atomic E-state index is 14.3. The first-order valence-corrected chi connectivity index (χ1v) is 11.9. The van der Waals surface area contributed by atoms with Crippen LogP contribution in [-0.2, 0) is 11.3 Å².